The minimum Gasteiger partial charge on any atom is -0.311 e. The Balaban J connectivity index is 1.21. The van der Waals surface area contributed by atoms with Crippen molar-refractivity contribution in [3.63, 3.8) is 0 Å². The molecule has 0 radical (unpaired) electrons. The van der Waals surface area contributed by atoms with E-state index >= 15 is 0 Å². The van der Waals surface area contributed by atoms with Gasteiger partial charge in [0.2, 0.25) is 0 Å². The SMILES string of the molecule is C[Si]1(c2ccccc2)c2cccc3c2B2c4c(cccc4N(c4ccccc4-c4ccc(C(F)(F)F)cc4)c4cccc1c42)N3c1ccccc1-c1ccc(C(F)(F)F)cc1. The molecule has 2 nitrogen and oxygen atoms in total. The molecular formula is C51H33BF6N2Si. The molecule has 0 atom stereocenters. The highest BCUT2D eigenvalue weighted by Gasteiger charge is 2.53. The van der Waals surface area contributed by atoms with Crippen LogP contribution in [0.4, 0.5) is 60.5 Å². The van der Waals surface area contributed by atoms with Gasteiger partial charge in [-0.05, 0) is 93.4 Å². The van der Waals surface area contributed by atoms with Gasteiger partial charge in [-0.25, -0.2) is 0 Å². The zero-order valence-corrected chi connectivity index (χ0v) is 33.6. The van der Waals surface area contributed by atoms with E-state index in [-0.39, 0.29) is 6.71 Å². The summed E-state index contributed by atoms with van der Waals surface area (Å²) in [5.74, 6) is 0. The lowest BCUT2D eigenvalue weighted by Gasteiger charge is -2.50. The Morgan fingerprint density at radius 1 is 0.377 bits per heavy atom. The third-order valence-corrected chi connectivity index (χ3v) is 17.3. The van der Waals surface area contributed by atoms with E-state index in [1.165, 1.54) is 50.8 Å². The normalized spacial score (nSPS) is 14.5. The largest absolute Gasteiger partial charge is 0.416 e. The number of alkyl halides is 6. The van der Waals surface area contributed by atoms with Gasteiger partial charge in [-0.3, -0.25) is 0 Å². The van der Waals surface area contributed by atoms with E-state index in [4.69, 9.17) is 0 Å². The van der Waals surface area contributed by atoms with Crippen molar-refractivity contribution in [2.75, 3.05) is 9.80 Å². The van der Waals surface area contributed by atoms with Gasteiger partial charge in [0.05, 0.1) is 22.5 Å². The number of hydrogen-bond donors (Lipinski definition) is 0. The summed E-state index contributed by atoms with van der Waals surface area (Å²) >= 11 is 0. The van der Waals surface area contributed by atoms with E-state index in [2.05, 4.69) is 89.1 Å². The first-order valence-corrected chi connectivity index (χ1v) is 22.5. The Hall–Kier alpha value is -6.78. The summed E-state index contributed by atoms with van der Waals surface area (Å²) in [4.78, 5) is 4.56. The molecule has 0 saturated heterocycles. The molecule has 3 aliphatic rings. The van der Waals surface area contributed by atoms with Crippen LogP contribution >= 0.6 is 0 Å². The second-order valence-electron chi connectivity index (χ2n) is 16.0. The number of benzene rings is 8. The molecular weight excluding hydrogens is 793 g/mol. The summed E-state index contributed by atoms with van der Waals surface area (Å²) in [5.41, 5.74) is 10.5. The standard InChI is InChI=1S/C51H33BF6N2Si/c1-61(36-12-3-2-4-13-36)45-22-10-20-43-48(45)52-47-41(59(43)39-16-7-5-14-37(39)32-24-28-34(29-25-32)50(53,54)55)18-9-19-42(47)60(44-21-11-23-46(61)49(44)52)40-17-8-6-15-38(40)33-26-30-35(31-27-33)51(56,57)58/h2-31H,1H3. The molecule has 0 aromatic heterocycles. The molecule has 8 aromatic carbocycles. The molecule has 0 fully saturated rings. The first kappa shape index (κ1) is 37.2. The Kier molecular flexibility index (Phi) is 8.16. The van der Waals surface area contributed by atoms with Gasteiger partial charge in [0.25, 0.3) is 6.71 Å². The number of hydrogen-bond acceptors (Lipinski definition) is 2. The molecule has 10 heteroatoms. The highest BCUT2D eigenvalue weighted by Crippen LogP contribution is 2.48. The lowest BCUT2D eigenvalue weighted by atomic mass is 9.33. The average molecular weight is 827 g/mol. The highest BCUT2D eigenvalue weighted by atomic mass is 28.3. The molecule has 0 saturated carbocycles. The topological polar surface area (TPSA) is 6.48 Å². The summed E-state index contributed by atoms with van der Waals surface area (Å²) in [7, 11) is -2.76. The van der Waals surface area contributed by atoms with Gasteiger partial charge in [0.15, 0.2) is 0 Å². The van der Waals surface area contributed by atoms with Crippen LogP contribution in [0.15, 0.2) is 182 Å². The molecule has 8 aromatic rings. The summed E-state index contributed by atoms with van der Waals surface area (Å²) in [6.07, 6.45) is -8.93. The summed E-state index contributed by atoms with van der Waals surface area (Å²) in [6.45, 7) is 2.26. The van der Waals surface area contributed by atoms with Crippen molar-refractivity contribution in [2.24, 2.45) is 0 Å². The summed E-state index contributed by atoms with van der Waals surface area (Å²) in [6, 6.07) is 56.5. The molecule has 0 bridgehead atoms. The molecule has 296 valence electrons. The highest BCUT2D eigenvalue weighted by molar-refractivity contribution is 7.21. The summed E-state index contributed by atoms with van der Waals surface area (Å²) in [5, 5.41) is 3.84. The van der Waals surface area contributed by atoms with Crippen molar-refractivity contribution in [1.29, 1.82) is 0 Å². The zero-order valence-electron chi connectivity index (χ0n) is 32.6. The van der Waals surface area contributed by atoms with Crippen LogP contribution in [-0.2, 0) is 12.4 Å². The van der Waals surface area contributed by atoms with Gasteiger partial charge in [0.1, 0.15) is 8.07 Å². The maximum Gasteiger partial charge on any atom is 0.416 e. The predicted octanol–water partition coefficient (Wildman–Crippen LogP) is 10.6. The molecule has 0 spiro atoms. The Bertz CT molecular complexity index is 2860. The molecule has 0 aliphatic carbocycles. The number of anilines is 6. The lowest BCUT2D eigenvalue weighted by Crippen LogP contribution is -2.83. The minimum atomic E-state index is -4.46. The lowest BCUT2D eigenvalue weighted by molar-refractivity contribution is -0.138. The van der Waals surface area contributed by atoms with Gasteiger partial charge < -0.3 is 9.80 Å². The fourth-order valence-electron chi connectivity index (χ4n) is 10.1. The quantitative estimate of drug-likeness (QED) is 0.126. The van der Waals surface area contributed by atoms with Gasteiger partial charge in [0, 0.05) is 33.9 Å². The van der Waals surface area contributed by atoms with Crippen molar-refractivity contribution in [3.8, 4) is 22.3 Å². The van der Waals surface area contributed by atoms with E-state index in [9.17, 15) is 26.3 Å². The fraction of sp³-hybridized carbons (Fsp3) is 0.0588. The van der Waals surface area contributed by atoms with Crippen LogP contribution in [0, 0.1) is 0 Å². The molecule has 61 heavy (non-hydrogen) atoms. The zero-order chi connectivity index (χ0) is 41.8. The van der Waals surface area contributed by atoms with Gasteiger partial charge in [-0.1, -0.05) is 138 Å². The Morgan fingerprint density at radius 2 is 0.738 bits per heavy atom. The number of nitrogens with zero attached hydrogens (tertiary/aromatic N) is 2. The van der Waals surface area contributed by atoms with E-state index in [0.29, 0.717) is 11.1 Å². The van der Waals surface area contributed by atoms with Crippen LogP contribution in [0.3, 0.4) is 0 Å². The van der Waals surface area contributed by atoms with Crippen molar-refractivity contribution in [3.05, 3.63) is 193 Å². The maximum absolute atomic E-state index is 13.8. The number of rotatable bonds is 5. The minimum absolute atomic E-state index is 0.156. The molecule has 0 N–H and O–H groups in total. The third kappa shape index (κ3) is 5.51. The first-order valence-electron chi connectivity index (χ1n) is 20.0. The Labute approximate surface area is 350 Å². The molecule has 3 heterocycles. The van der Waals surface area contributed by atoms with Crippen molar-refractivity contribution in [2.45, 2.75) is 18.9 Å². The maximum atomic E-state index is 13.8. The van der Waals surface area contributed by atoms with Crippen LogP contribution in [0.25, 0.3) is 22.3 Å². The smallest absolute Gasteiger partial charge is 0.311 e. The van der Waals surface area contributed by atoms with Crippen molar-refractivity contribution in [1.82, 2.24) is 0 Å². The van der Waals surface area contributed by atoms with E-state index < -0.39 is 31.6 Å². The van der Waals surface area contributed by atoms with Crippen LogP contribution in [0.1, 0.15) is 11.1 Å². The van der Waals surface area contributed by atoms with E-state index in [0.717, 1.165) is 75.0 Å². The molecule has 0 unspecified atom stereocenters. The van der Waals surface area contributed by atoms with E-state index in [1.54, 1.807) is 0 Å². The summed E-state index contributed by atoms with van der Waals surface area (Å²) < 4.78 is 82.5. The second-order valence-corrected chi connectivity index (χ2v) is 19.9. The van der Waals surface area contributed by atoms with Crippen LogP contribution in [0.5, 0.6) is 0 Å². The van der Waals surface area contributed by atoms with Crippen LogP contribution < -0.4 is 41.7 Å². The van der Waals surface area contributed by atoms with Crippen LogP contribution in [-0.4, -0.2) is 14.8 Å². The predicted molar refractivity (Wildman–Crippen MR) is 238 cm³/mol. The van der Waals surface area contributed by atoms with Crippen LogP contribution in [0.2, 0.25) is 6.55 Å². The van der Waals surface area contributed by atoms with Gasteiger partial charge in [-0.2, -0.15) is 26.3 Å². The van der Waals surface area contributed by atoms with Gasteiger partial charge >= 0.3 is 12.4 Å². The molecule has 3 aliphatic heterocycles. The van der Waals surface area contributed by atoms with Gasteiger partial charge in [-0.15, -0.1) is 0 Å². The average Bonchev–Trinajstić information content (AvgIpc) is 3.28. The fourth-order valence-corrected chi connectivity index (χ4v) is 14.4. The first-order chi connectivity index (χ1) is 29.4. The van der Waals surface area contributed by atoms with E-state index in [1.807, 2.05) is 60.7 Å². The Morgan fingerprint density at radius 3 is 1.16 bits per heavy atom. The van der Waals surface area contributed by atoms with Crippen molar-refractivity contribution >= 4 is 80.9 Å². The number of para-hydroxylation sites is 2. The number of halogens is 6. The monoisotopic (exact) mass is 826 g/mol. The molecule has 11 rings (SSSR count). The van der Waals surface area contributed by atoms with Crippen molar-refractivity contribution < 1.29 is 26.3 Å². The molecule has 0 amide bonds. The third-order valence-electron chi connectivity index (χ3n) is 12.8. The second kappa shape index (κ2) is 13.4.